The number of nitrogens with zero attached hydrogens (tertiary/aromatic N) is 1. The zero-order chi connectivity index (χ0) is 17.4. The molecule has 0 radical (unpaired) electrons. The van der Waals surface area contributed by atoms with E-state index in [9.17, 15) is 9.59 Å². The average Bonchev–Trinajstić information content (AvgIpc) is 3.10. The quantitative estimate of drug-likeness (QED) is 0.755. The van der Waals surface area contributed by atoms with Gasteiger partial charge in [-0.3, -0.25) is 14.5 Å². The fourth-order valence-corrected chi connectivity index (χ4v) is 3.06. The van der Waals surface area contributed by atoms with Crippen LogP contribution in [0.25, 0.3) is 10.9 Å². The molecule has 0 aliphatic carbocycles. The summed E-state index contributed by atoms with van der Waals surface area (Å²) < 4.78 is 5.74. The van der Waals surface area contributed by atoms with Gasteiger partial charge in [0, 0.05) is 18.0 Å². The molecule has 2 amide bonds. The van der Waals surface area contributed by atoms with Crippen LogP contribution < -0.4 is 15.0 Å². The first-order valence-electron chi connectivity index (χ1n) is 8.04. The summed E-state index contributed by atoms with van der Waals surface area (Å²) in [5.41, 5.74) is 2.04. The van der Waals surface area contributed by atoms with Crippen molar-refractivity contribution in [2.24, 2.45) is 0 Å². The van der Waals surface area contributed by atoms with Crippen molar-refractivity contribution in [1.29, 1.82) is 0 Å². The molecule has 1 atom stereocenters. The highest BCUT2D eigenvalue weighted by Crippen LogP contribution is 2.34. The van der Waals surface area contributed by atoms with E-state index in [1.54, 1.807) is 18.0 Å². The normalized spacial score (nSPS) is 16.2. The average molecular weight is 335 g/mol. The maximum Gasteiger partial charge on any atom is 0.274 e. The van der Waals surface area contributed by atoms with Crippen molar-refractivity contribution in [3.05, 3.63) is 60.3 Å². The highest BCUT2D eigenvalue weighted by Gasteiger charge is 2.34. The first-order chi connectivity index (χ1) is 12.2. The molecule has 1 aliphatic rings. The van der Waals surface area contributed by atoms with Crippen LogP contribution in [-0.4, -0.2) is 36.5 Å². The van der Waals surface area contributed by atoms with Crippen molar-refractivity contribution in [1.82, 2.24) is 10.3 Å². The number of hydrogen-bond acceptors (Lipinski definition) is 3. The Morgan fingerprint density at radius 2 is 1.92 bits per heavy atom. The summed E-state index contributed by atoms with van der Waals surface area (Å²) in [6.07, 6.45) is -0.742. The van der Waals surface area contributed by atoms with Crippen molar-refractivity contribution in [3.8, 4) is 5.75 Å². The van der Waals surface area contributed by atoms with Crippen molar-refractivity contribution in [2.45, 2.75) is 6.10 Å². The van der Waals surface area contributed by atoms with Gasteiger partial charge in [0.25, 0.3) is 11.8 Å². The SMILES string of the molecule is CNC(=O)[C@@H]1CN(C(=O)c2cc3ccccc3[nH]2)c2ccccc2O1. The van der Waals surface area contributed by atoms with Crippen LogP contribution in [0.15, 0.2) is 54.6 Å². The van der Waals surface area contributed by atoms with E-state index in [0.29, 0.717) is 17.1 Å². The number of para-hydroxylation sites is 3. The second-order valence-electron chi connectivity index (χ2n) is 5.87. The summed E-state index contributed by atoms with van der Waals surface area (Å²) in [7, 11) is 1.55. The predicted octanol–water partition coefficient (Wildman–Crippen LogP) is 2.32. The molecule has 0 fully saturated rings. The molecule has 0 saturated heterocycles. The number of benzene rings is 2. The van der Waals surface area contributed by atoms with Gasteiger partial charge < -0.3 is 15.0 Å². The maximum atomic E-state index is 13.1. The summed E-state index contributed by atoms with van der Waals surface area (Å²) in [5, 5.41) is 3.54. The van der Waals surface area contributed by atoms with Gasteiger partial charge in [-0.15, -0.1) is 0 Å². The molecule has 25 heavy (non-hydrogen) atoms. The van der Waals surface area contributed by atoms with Crippen molar-refractivity contribution < 1.29 is 14.3 Å². The third-order valence-electron chi connectivity index (χ3n) is 4.32. The topological polar surface area (TPSA) is 74.4 Å². The molecule has 0 spiro atoms. The van der Waals surface area contributed by atoms with Gasteiger partial charge in [-0.2, -0.15) is 0 Å². The van der Waals surface area contributed by atoms with E-state index in [0.717, 1.165) is 10.9 Å². The number of hydrogen-bond donors (Lipinski definition) is 2. The second-order valence-corrected chi connectivity index (χ2v) is 5.87. The van der Waals surface area contributed by atoms with E-state index < -0.39 is 6.10 Å². The fourth-order valence-electron chi connectivity index (χ4n) is 3.06. The van der Waals surface area contributed by atoms with Crippen molar-refractivity contribution in [2.75, 3.05) is 18.5 Å². The molecular formula is C19H17N3O3. The minimum absolute atomic E-state index is 0.158. The minimum atomic E-state index is -0.742. The molecular weight excluding hydrogens is 318 g/mol. The summed E-state index contributed by atoms with van der Waals surface area (Å²) in [6.45, 7) is 0.158. The Morgan fingerprint density at radius 1 is 1.16 bits per heavy atom. The monoisotopic (exact) mass is 335 g/mol. The number of carbonyl (C=O) groups is 2. The lowest BCUT2D eigenvalue weighted by Crippen LogP contribution is -2.50. The van der Waals surface area contributed by atoms with E-state index in [4.69, 9.17) is 4.74 Å². The number of ether oxygens (including phenoxy) is 1. The molecule has 6 nitrogen and oxygen atoms in total. The van der Waals surface area contributed by atoms with E-state index in [1.807, 2.05) is 48.5 Å². The maximum absolute atomic E-state index is 13.1. The summed E-state index contributed by atoms with van der Waals surface area (Å²) in [4.78, 5) is 29.9. The Kier molecular flexibility index (Phi) is 3.65. The zero-order valence-electron chi connectivity index (χ0n) is 13.7. The van der Waals surface area contributed by atoms with Gasteiger partial charge in [-0.25, -0.2) is 0 Å². The zero-order valence-corrected chi connectivity index (χ0v) is 13.7. The number of anilines is 1. The number of likely N-dealkylation sites (N-methyl/N-ethyl adjacent to an activating group) is 1. The number of fused-ring (bicyclic) bond motifs is 2. The van der Waals surface area contributed by atoms with Gasteiger partial charge in [-0.05, 0) is 24.3 Å². The molecule has 1 aliphatic heterocycles. The number of nitrogens with one attached hydrogen (secondary N) is 2. The van der Waals surface area contributed by atoms with Crippen LogP contribution in [-0.2, 0) is 4.79 Å². The van der Waals surface area contributed by atoms with Crippen molar-refractivity contribution in [3.63, 3.8) is 0 Å². The lowest BCUT2D eigenvalue weighted by Gasteiger charge is -2.33. The number of H-pyrrole nitrogens is 1. The van der Waals surface area contributed by atoms with Crippen LogP contribution in [0.5, 0.6) is 5.75 Å². The number of amides is 2. The molecule has 3 aromatic rings. The lowest BCUT2D eigenvalue weighted by molar-refractivity contribution is -0.127. The van der Waals surface area contributed by atoms with E-state index >= 15 is 0 Å². The first-order valence-corrected chi connectivity index (χ1v) is 8.04. The van der Waals surface area contributed by atoms with Crippen LogP contribution in [0, 0.1) is 0 Å². The molecule has 6 heteroatoms. The highest BCUT2D eigenvalue weighted by atomic mass is 16.5. The van der Waals surface area contributed by atoms with Gasteiger partial charge in [0.2, 0.25) is 0 Å². The molecule has 126 valence electrons. The number of aromatic amines is 1. The smallest absolute Gasteiger partial charge is 0.274 e. The highest BCUT2D eigenvalue weighted by molar-refractivity contribution is 6.09. The van der Waals surface area contributed by atoms with E-state index in [2.05, 4.69) is 10.3 Å². The largest absolute Gasteiger partial charge is 0.477 e. The standard InChI is InChI=1S/C19H17N3O3/c1-20-18(23)17-11-22(15-8-4-5-9-16(15)25-17)19(24)14-10-12-6-2-3-7-13(12)21-14/h2-10,17,21H,11H2,1H3,(H,20,23)/t17-/m0/s1. The Labute approximate surface area is 144 Å². The van der Waals surface area contributed by atoms with Crippen LogP contribution in [0.2, 0.25) is 0 Å². The molecule has 0 bridgehead atoms. The summed E-state index contributed by atoms with van der Waals surface area (Å²) in [6, 6.07) is 16.8. The Morgan fingerprint density at radius 3 is 2.72 bits per heavy atom. The number of carbonyl (C=O) groups excluding carboxylic acids is 2. The number of aromatic nitrogens is 1. The molecule has 4 rings (SSSR count). The van der Waals surface area contributed by atoms with Crippen LogP contribution in [0.1, 0.15) is 10.5 Å². The summed E-state index contributed by atoms with van der Waals surface area (Å²) >= 11 is 0. The second kappa shape index (κ2) is 5.98. The Balaban J connectivity index is 1.74. The van der Waals surface area contributed by atoms with E-state index in [1.165, 1.54) is 0 Å². The van der Waals surface area contributed by atoms with Crippen LogP contribution in [0.3, 0.4) is 0 Å². The molecule has 0 unspecified atom stereocenters. The third-order valence-corrected chi connectivity index (χ3v) is 4.32. The van der Waals surface area contributed by atoms with Gasteiger partial charge in [-0.1, -0.05) is 30.3 Å². The Bertz CT molecular complexity index is 930. The fraction of sp³-hybridized carbons (Fsp3) is 0.158. The first kappa shape index (κ1) is 15.3. The van der Waals surface area contributed by atoms with Gasteiger partial charge in [0.05, 0.1) is 12.2 Å². The predicted molar refractivity (Wildman–Crippen MR) is 94.9 cm³/mol. The summed E-state index contributed by atoms with van der Waals surface area (Å²) in [5.74, 6) is 0.0663. The lowest BCUT2D eigenvalue weighted by atomic mass is 10.1. The van der Waals surface area contributed by atoms with Crippen molar-refractivity contribution >= 4 is 28.4 Å². The molecule has 2 heterocycles. The third kappa shape index (κ3) is 2.61. The van der Waals surface area contributed by atoms with Crippen LogP contribution >= 0.6 is 0 Å². The molecule has 0 saturated carbocycles. The van der Waals surface area contributed by atoms with Crippen LogP contribution in [0.4, 0.5) is 5.69 Å². The van der Waals surface area contributed by atoms with Gasteiger partial charge >= 0.3 is 0 Å². The molecule has 2 aromatic carbocycles. The van der Waals surface area contributed by atoms with Gasteiger partial charge in [0.15, 0.2) is 6.10 Å². The Hall–Kier alpha value is -3.28. The van der Waals surface area contributed by atoms with Gasteiger partial charge in [0.1, 0.15) is 11.4 Å². The molecule has 1 aromatic heterocycles. The van der Waals surface area contributed by atoms with E-state index in [-0.39, 0.29) is 18.4 Å². The minimum Gasteiger partial charge on any atom is -0.477 e. The number of rotatable bonds is 2. The molecule has 2 N–H and O–H groups in total.